The summed E-state index contributed by atoms with van der Waals surface area (Å²) in [4.78, 5) is 0. The van der Waals surface area contributed by atoms with Crippen LogP contribution in [-0.2, 0) is 4.74 Å². The zero-order valence-electron chi connectivity index (χ0n) is 10.5. The lowest BCUT2D eigenvalue weighted by molar-refractivity contribution is -0.0755. The largest absolute Gasteiger partial charge is 0.368 e. The van der Waals surface area contributed by atoms with Gasteiger partial charge in [0.2, 0.25) is 0 Å². The molecule has 1 atom stereocenters. The lowest BCUT2D eigenvalue weighted by Crippen LogP contribution is -2.46. The van der Waals surface area contributed by atoms with Gasteiger partial charge in [-0.05, 0) is 54.4 Å². The maximum atomic E-state index is 6.07. The zero-order valence-corrected chi connectivity index (χ0v) is 10.5. The first-order valence-electron chi connectivity index (χ1n) is 5.57. The molecule has 1 aliphatic rings. The number of rotatable bonds is 2. The molecule has 1 heterocycles. The summed E-state index contributed by atoms with van der Waals surface area (Å²) < 4.78 is 6.07. The van der Waals surface area contributed by atoms with Crippen molar-refractivity contribution >= 4 is 0 Å². The number of ether oxygens (including phenoxy) is 1. The fraction of sp³-hybridized carbons (Fsp3) is 1.00. The number of nitrogens with one attached hydrogen (secondary N) is 1. The van der Waals surface area contributed by atoms with Crippen LogP contribution in [0, 0.1) is 0 Å². The summed E-state index contributed by atoms with van der Waals surface area (Å²) in [6.07, 6.45) is 2.32. The van der Waals surface area contributed by atoms with Crippen molar-refractivity contribution in [2.24, 2.45) is 0 Å². The molecule has 0 radical (unpaired) electrons. The minimum Gasteiger partial charge on any atom is -0.368 e. The van der Waals surface area contributed by atoms with Crippen LogP contribution >= 0.6 is 0 Å². The summed E-state index contributed by atoms with van der Waals surface area (Å²) in [5.74, 6) is 0. The van der Waals surface area contributed by atoms with Crippen LogP contribution < -0.4 is 5.32 Å². The Bertz CT molecular complexity index is 205. The van der Waals surface area contributed by atoms with Gasteiger partial charge in [-0.2, -0.15) is 0 Å². The highest BCUT2D eigenvalue weighted by atomic mass is 16.5. The van der Waals surface area contributed by atoms with Gasteiger partial charge < -0.3 is 10.1 Å². The molecule has 1 saturated heterocycles. The average molecular weight is 199 g/mol. The fourth-order valence-electron chi connectivity index (χ4n) is 1.91. The van der Waals surface area contributed by atoms with Gasteiger partial charge in [-0.25, -0.2) is 0 Å². The molecule has 1 rings (SSSR count). The molecular formula is C12H25NO. The monoisotopic (exact) mass is 199 g/mol. The molecule has 0 aromatic rings. The maximum absolute atomic E-state index is 6.07. The second-order valence-electron chi connectivity index (χ2n) is 6.42. The molecule has 0 aromatic heterocycles. The van der Waals surface area contributed by atoms with Gasteiger partial charge in [0.1, 0.15) is 0 Å². The Morgan fingerprint density at radius 2 is 1.71 bits per heavy atom. The van der Waals surface area contributed by atoms with E-state index in [0.29, 0.717) is 0 Å². The van der Waals surface area contributed by atoms with Gasteiger partial charge in [0.25, 0.3) is 0 Å². The van der Waals surface area contributed by atoms with Gasteiger partial charge in [0.05, 0.1) is 11.2 Å². The summed E-state index contributed by atoms with van der Waals surface area (Å²) in [6, 6.07) is 0. The quantitative estimate of drug-likeness (QED) is 0.738. The lowest BCUT2D eigenvalue weighted by Gasteiger charge is -2.32. The summed E-state index contributed by atoms with van der Waals surface area (Å²) in [5, 5.41) is 3.52. The van der Waals surface area contributed by atoms with Crippen LogP contribution in [0.15, 0.2) is 0 Å². The molecule has 2 heteroatoms. The second kappa shape index (κ2) is 3.49. The standard InChI is InChI=1S/C12H25NO/c1-10(2,3)13-9-12(6)8-7-11(4,5)14-12/h13H,7-9H2,1-6H3. The summed E-state index contributed by atoms with van der Waals surface area (Å²) >= 11 is 0. The van der Waals surface area contributed by atoms with Crippen molar-refractivity contribution in [1.82, 2.24) is 5.32 Å². The predicted octanol–water partition coefficient (Wildman–Crippen LogP) is 2.72. The lowest BCUT2D eigenvalue weighted by atomic mass is 9.98. The van der Waals surface area contributed by atoms with Crippen molar-refractivity contribution in [3.63, 3.8) is 0 Å². The molecular weight excluding hydrogens is 174 g/mol. The third-order valence-electron chi connectivity index (χ3n) is 2.77. The van der Waals surface area contributed by atoms with Crippen molar-refractivity contribution in [3.05, 3.63) is 0 Å². The zero-order chi connectivity index (χ0) is 11.0. The fourth-order valence-corrected chi connectivity index (χ4v) is 1.91. The van der Waals surface area contributed by atoms with Crippen LogP contribution in [0.5, 0.6) is 0 Å². The minimum absolute atomic E-state index is 0.0246. The summed E-state index contributed by atoms with van der Waals surface area (Å²) in [7, 11) is 0. The number of hydrogen-bond acceptors (Lipinski definition) is 2. The minimum atomic E-state index is 0.0246. The Labute approximate surface area is 88.4 Å². The van der Waals surface area contributed by atoms with Crippen molar-refractivity contribution in [1.29, 1.82) is 0 Å². The van der Waals surface area contributed by atoms with E-state index in [1.165, 1.54) is 0 Å². The van der Waals surface area contributed by atoms with Crippen molar-refractivity contribution in [2.45, 2.75) is 71.1 Å². The first-order chi connectivity index (χ1) is 6.12. The molecule has 0 aromatic carbocycles. The van der Waals surface area contributed by atoms with Crippen LogP contribution in [0.2, 0.25) is 0 Å². The van der Waals surface area contributed by atoms with E-state index < -0.39 is 0 Å². The van der Waals surface area contributed by atoms with Crippen LogP contribution in [0.1, 0.15) is 54.4 Å². The molecule has 84 valence electrons. The Balaban J connectivity index is 2.45. The Morgan fingerprint density at radius 1 is 1.14 bits per heavy atom. The smallest absolute Gasteiger partial charge is 0.0786 e. The third kappa shape index (κ3) is 3.58. The molecule has 1 N–H and O–H groups in total. The van der Waals surface area contributed by atoms with Gasteiger partial charge in [0, 0.05) is 12.1 Å². The van der Waals surface area contributed by atoms with Crippen LogP contribution in [0.4, 0.5) is 0 Å². The predicted molar refractivity (Wildman–Crippen MR) is 60.6 cm³/mol. The van der Waals surface area contributed by atoms with E-state index in [1.54, 1.807) is 0 Å². The molecule has 0 aliphatic carbocycles. The molecule has 0 bridgehead atoms. The van der Waals surface area contributed by atoms with E-state index in [2.05, 4.69) is 46.9 Å². The Kier molecular flexibility index (Phi) is 2.99. The van der Waals surface area contributed by atoms with Gasteiger partial charge in [0.15, 0.2) is 0 Å². The summed E-state index contributed by atoms with van der Waals surface area (Å²) in [6.45, 7) is 14.1. The van der Waals surface area contributed by atoms with Crippen molar-refractivity contribution in [3.8, 4) is 0 Å². The van der Waals surface area contributed by atoms with Crippen LogP contribution in [0.3, 0.4) is 0 Å². The van der Waals surface area contributed by atoms with Gasteiger partial charge in [-0.1, -0.05) is 0 Å². The first-order valence-corrected chi connectivity index (χ1v) is 5.57. The summed E-state index contributed by atoms with van der Waals surface area (Å²) in [5.41, 5.74) is 0.268. The normalized spacial score (nSPS) is 32.1. The molecule has 2 nitrogen and oxygen atoms in total. The Morgan fingerprint density at radius 3 is 2.07 bits per heavy atom. The second-order valence-corrected chi connectivity index (χ2v) is 6.42. The molecule has 14 heavy (non-hydrogen) atoms. The van der Waals surface area contributed by atoms with E-state index in [9.17, 15) is 0 Å². The van der Waals surface area contributed by atoms with Crippen molar-refractivity contribution in [2.75, 3.05) is 6.54 Å². The third-order valence-corrected chi connectivity index (χ3v) is 2.77. The molecule has 1 fully saturated rings. The Hall–Kier alpha value is -0.0800. The topological polar surface area (TPSA) is 21.3 Å². The average Bonchev–Trinajstić information content (AvgIpc) is 2.22. The van der Waals surface area contributed by atoms with E-state index in [4.69, 9.17) is 4.74 Å². The van der Waals surface area contributed by atoms with E-state index in [1.807, 2.05) is 0 Å². The van der Waals surface area contributed by atoms with Gasteiger partial charge >= 0.3 is 0 Å². The van der Waals surface area contributed by atoms with E-state index in [-0.39, 0.29) is 16.7 Å². The van der Waals surface area contributed by atoms with Gasteiger partial charge in [-0.3, -0.25) is 0 Å². The van der Waals surface area contributed by atoms with Gasteiger partial charge in [-0.15, -0.1) is 0 Å². The van der Waals surface area contributed by atoms with Crippen molar-refractivity contribution < 1.29 is 4.74 Å². The SMILES string of the molecule is CC(C)(C)NCC1(C)CCC(C)(C)O1. The highest BCUT2D eigenvalue weighted by molar-refractivity contribution is 4.92. The van der Waals surface area contributed by atoms with Crippen LogP contribution in [0.25, 0.3) is 0 Å². The van der Waals surface area contributed by atoms with E-state index >= 15 is 0 Å². The molecule has 1 unspecified atom stereocenters. The molecule has 1 aliphatic heterocycles. The number of hydrogen-bond donors (Lipinski definition) is 1. The van der Waals surface area contributed by atoms with Crippen LogP contribution in [-0.4, -0.2) is 23.3 Å². The highest BCUT2D eigenvalue weighted by Crippen LogP contribution is 2.36. The first kappa shape index (κ1) is 12.0. The molecule has 0 spiro atoms. The van der Waals surface area contributed by atoms with E-state index in [0.717, 1.165) is 19.4 Å². The molecule has 0 amide bonds. The molecule has 0 saturated carbocycles. The maximum Gasteiger partial charge on any atom is 0.0786 e. The highest BCUT2D eigenvalue weighted by Gasteiger charge is 2.40.